The Morgan fingerprint density at radius 2 is 1.44 bits per heavy atom. The van der Waals surface area contributed by atoms with E-state index in [-0.39, 0.29) is 0 Å². The van der Waals surface area contributed by atoms with Gasteiger partial charge in [0.15, 0.2) is 5.60 Å². The van der Waals surface area contributed by atoms with Crippen LogP contribution >= 0.6 is 0 Å². The van der Waals surface area contributed by atoms with Crippen LogP contribution in [0.2, 0.25) is 0 Å². The highest BCUT2D eigenvalue weighted by molar-refractivity contribution is 5.89. The predicted molar refractivity (Wildman–Crippen MR) is 46.9 cm³/mol. The Morgan fingerprint density at radius 1 is 1.06 bits per heavy atom. The molecule has 0 rings (SSSR count). The number of rotatable bonds is 5. The van der Waals surface area contributed by atoms with E-state index in [2.05, 4.69) is 14.4 Å². The SMILES string of the molecule is COC(=O)CC(O)(CC(=O)OC)C(=O)OO. The summed E-state index contributed by atoms with van der Waals surface area (Å²) >= 11 is 0. The van der Waals surface area contributed by atoms with Crippen molar-refractivity contribution in [2.75, 3.05) is 14.2 Å². The number of carbonyl (C=O) groups excluding carboxylic acids is 3. The molecule has 0 fully saturated rings. The molecule has 0 aromatic heterocycles. The molecule has 8 heteroatoms. The van der Waals surface area contributed by atoms with Gasteiger partial charge in [0, 0.05) is 0 Å². The van der Waals surface area contributed by atoms with Crippen LogP contribution in [-0.4, -0.2) is 48.1 Å². The lowest BCUT2D eigenvalue weighted by atomic mass is 9.96. The van der Waals surface area contributed by atoms with Gasteiger partial charge in [0.2, 0.25) is 0 Å². The average molecular weight is 236 g/mol. The van der Waals surface area contributed by atoms with E-state index in [0.717, 1.165) is 14.2 Å². The molecule has 0 bridgehead atoms. The van der Waals surface area contributed by atoms with Crippen molar-refractivity contribution in [1.29, 1.82) is 0 Å². The van der Waals surface area contributed by atoms with Crippen LogP contribution in [0, 0.1) is 0 Å². The fraction of sp³-hybridized carbons (Fsp3) is 0.625. The first kappa shape index (κ1) is 14.3. The van der Waals surface area contributed by atoms with Crippen molar-refractivity contribution in [1.82, 2.24) is 0 Å². The first-order valence-electron chi connectivity index (χ1n) is 4.11. The Kier molecular flexibility index (Phi) is 5.40. The summed E-state index contributed by atoms with van der Waals surface area (Å²) in [7, 11) is 2.07. The Balaban J connectivity index is 4.81. The molecule has 0 aliphatic rings. The van der Waals surface area contributed by atoms with Crippen LogP contribution in [0.1, 0.15) is 12.8 Å². The zero-order chi connectivity index (χ0) is 12.8. The van der Waals surface area contributed by atoms with Crippen molar-refractivity contribution >= 4 is 17.9 Å². The summed E-state index contributed by atoms with van der Waals surface area (Å²) in [4.78, 5) is 36.1. The smallest absolute Gasteiger partial charge is 0.374 e. The number of hydrogen-bond acceptors (Lipinski definition) is 8. The molecule has 2 N–H and O–H groups in total. The molecule has 0 atom stereocenters. The van der Waals surface area contributed by atoms with Crippen LogP contribution < -0.4 is 0 Å². The van der Waals surface area contributed by atoms with Gasteiger partial charge in [-0.25, -0.2) is 4.79 Å². The molecule has 0 unspecified atom stereocenters. The number of methoxy groups -OCH3 is 2. The van der Waals surface area contributed by atoms with Crippen molar-refractivity contribution in [3.8, 4) is 0 Å². The number of esters is 2. The van der Waals surface area contributed by atoms with E-state index in [1.165, 1.54) is 0 Å². The maximum atomic E-state index is 11.0. The van der Waals surface area contributed by atoms with Crippen LogP contribution in [0.4, 0.5) is 0 Å². The van der Waals surface area contributed by atoms with Crippen LogP contribution in [0.25, 0.3) is 0 Å². The monoisotopic (exact) mass is 236 g/mol. The first-order valence-corrected chi connectivity index (χ1v) is 4.11. The minimum absolute atomic E-state index is 0.835. The molecule has 0 heterocycles. The second kappa shape index (κ2) is 6.03. The molecule has 0 aliphatic carbocycles. The molecule has 8 nitrogen and oxygen atoms in total. The van der Waals surface area contributed by atoms with Gasteiger partial charge in [-0.15, -0.1) is 0 Å². The second-order valence-electron chi connectivity index (χ2n) is 2.92. The van der Waals surface area contributed by atoms with Gasteiger partial charge in [-0.1, -0.05) is 0 Å². The summed E-state index contributed by atoms with van der Waals surface area (Å²) in [5.41, 5.74) is -2.51. The van der Waals surface area contributed by atoms with Gasteiger partial charge in [-0.05, 0) is 0 Å². The van der Waals surface area contributed by atoms with Gasteiger partial charge in [-0.2, -0.15) is 5.26 Å². The minimum Gasteiger partial charge on any atom is -0.469 e. The van der Waals surface area contributed by atoms with Crippen LogP contribution in [0.15, 0.2) is 0 Å². The molecule has 0 spiro atoms. The summed E-state index contributed by atoms with van der Waals surface area (Å²) in [5.74, 6) is -3.43. The lowest BCUT2D eigenvalue weighted by Crippen LogP contribution is -2.44. The molecule has 0 aromatic carbocycles. The van der Waals surface area contributed by atoms with E-state index in [4.69, 9.17) is 5.26 Å². The maximum absolute atomic E-state index is 11.0. The summed E-state index contributed by atoms with van der Waals surface area (Å²) < 4.78 is 8.43. The van der Waals surface area contributed by atoms with Gasteiger partial charge in [0.25, 0.3) is 0 Å². The van der Waals surface area contributed by atoms with Gasteiger partial charge in [0.05, 0.1) is 27.1 Å². The van der Waals surface area contributed by atoms with Gasteiger partial charge in [-0.3, -0.25) is 14.5 Å². The summed E-state index contributed by atoms with van der Waals surface area (Å²) in [6.07, 6.45) is -1.67. The van der Waals surface area contributed by atoms with E-state index in [1.807, 2.05) is 0 Å². The molecule has 92 valence electrons. The third-order valence-electron chi connectivity index (χ3n) is 1.79. The maximum Gasteiger partial charge on any atom is 0.374 e. The van der Waals surface area contributed by atoms with Gasteiger partial charge >= 0.3 is 17.9 Å². The Bertz CT molecular complexity index is 266. The number of aliphatic hydroxyl groups is 1. The van der Waals surface area contributed by atoms with Gasteiger partial charge < -0.3 is 14.6 Å². The molecule has 0 aromatic rings. The summed E-state index contributed by atoms with van der Waals surface area (Å²) in [6, 6.07) is 0. The molecule has 0 aliphatic heterocycles. The standard InChI is InChI=1S/C8H12O8/c1-14-5(9)3-8(12,7(11)16-13)4-6(10)15-2/h12-13H,3-4H2,1-2H3. The van der Waals surface area contributed by atoms with Crippen LogP contribution in [0.5, 0.6) is 0 Å². The second-order valence-corrected chi connectivity index (χ2v) is 2.92. The van der Waals surface area contributed by atoms with Crippen LogP contribution in [-0.2, 0) is 28.7 Å². The first-order chi connectivity index (χ1) is 7.39. The van der Waals surface area contributed by atoms with E-state index in [9.17, 15) is 19.5 Å². The van der Waals surface area contributed by atoms with Crippen molar-refractivity contribution in [2.45, 2.75) is 18.4 Å². The largest absolute Gasteiger partial charge is 0.469 e. The van der Waals surface area contributed by atoms with Crippen molar-refractivity contribution in [3.63, 3.8) is 0 Å². The van der Waals surface area contributed by atoms with E-state index in [0.29, 0.717) is 0 Å². The summed E-state index contributed by atoms with van der Waals surface area (Å²) in [6.45, 7) is 0. The quantitative estimate of drug-likeness (QED) is 0.266. The highest BCUT2D eigenvalue weighted by Crippen LogP contribution is 2.18. The number of hydrogen-bond donors (Lipinski definition) is 2. The molecular formula is C8H12O8. The average Bonchev–Trinajstić information content (AvgIpc) is 2.27. The highest BCUT2D eigenvalue weighted by atomic mass is 17.1. The Hall–Kier alpha value is -1.67. The lowest BCUT2D eigenvalue weighted by molar-refractivity contribution is -0.253. The third kappa shape index (κ3) is 3.83. The Labute approximate surface area is 90.6 Å². The van der Waals surface area contributed by atoms with Crippen molar-refractivity contribution in [2.24, 2.45) is 0 Å². The third-order valence-corrected chi connectivity index (χ3v) is 1.79. The molecule has 0 saturated carbocycles. The van der Waals surface area contributed by atoms with Crippen molar-refractivity contribution < 1.29 is 39.1 Å². The fourth-order valence-corrected chi connectivity index (χ4v) is 0.914. The van der Waals surface area contributed by atoms with E-state index < -0.39 is 36.4 Å². The van der Waals surface area contributed by atoms with Crippen molar-refractivity contribution in [3.05, 3.63) is 0 Å². The van der Waals surface area contributed by atoms with E-state index in [1.54, 1.807) is 0 Å². The highest BCUT2D eigenvalue weighted by Gasteiger charge is 2.43. The molecule has 0 amide bonds. The number of carbonyl (C=O) groups is 3. The zero-order valence-electron chi connectivity index (χ0n) is 8.76. The lowest BCUT2D eigenvalue weighted by Gasteiger charge is -2.21. The topological polar surface area (TPSA) is 119 Å². The number of ether oxygens (including phenoxy) is 2. The van der Waals surface area contributed by atoms with E-state index >= 15 is 0 Å². The fourth-order valence-electron chi connectivity index (χ4n) is 0.914. The summed E-state index contributed by atoms with van der Waals surface area (Å²) in [5, 5.41) is 17.8. The van der Waals surface area contributed by atoms with Gasteiger partial charge in [0.1, 0.15) is 0 Å². The molecule has 0 saturated heterocycles. The predicted octanol–water partition coefficient (Wildman–Crippen LogP) is -1.14. The van der Waals surface area contributed by atoms with Crippen LogP contribution in [0.3, 0.4) is 0 Å². The zero-order valence-corrected chi connectivity index (χ0v) is 8.76. The molecular weight excluding hydrogens is 224 g/mol. The minimum atomic E-state index is -2.51. The molecule has 0 radical (unpaired) electrons. The Morgan fingerprint density at radius 3 is 1.69 bits per heavy atom. The normalized spacial score (nSPS) is 10.5. The molecule has 16 heavy (non-hydrogen) atoms.